The van der Waals surface area contributed by atoms with Gasteiger partial charge in [0, 0.05) is 31.2 Å². The summed E-state index contributed by atoms with van der Waals surface area (Å²) in [6.07, 6.45) is 0. The molecule has 1 unspecified atom stereocenters. The maximum Gasteiger partial charge on any atom is 0.255 e. The molecule has 0 aromatic heterocycles. The maximum atomic E-state index is 14.0. The summed E-state index contributed by atoms with van der Waals surface area (Å²) in [5, 5.41) is 0. The van der Waals surface area contributed by atoms with Gasteiger partial charge in [-0.15, -0.1) is 0 Å². The van der Waals surface area contributed by atoms with Crippen molar-refractivity contribution in [2.75, 3.05) is 42.4 Å². The standard InChI is InChI=1S/C27H29N3O3/c1-18-7-6-8-24(19(18)2)29-17-25(31)30(22-13-15-23(33-5)16-14-22)26(27(29)32)20-9-11-21(12-10-20)28(3)4/h6-16,26H,17H2,1-5H3. The van der Waals surface area contributed by atoms with Crippen LogP contribution in [0.15, 0.2) is 66.7 Å². The molecule has 0 saturated carbocycles. The Morgan fingerprint density at radius 3 is 2.18 bits per heavy atom. The number of nitrogens with zero attached hydrogens (tertiary/aromatic N) is 3. The summed E-state index contributed by atoms with van der Waals surface area (Å²) in [5.41, 5.74) is 5.31. The van der Waals surface area contributed by atoms with Gasteiger partial charge >= 0.3 is 0 Å². The van der Waals surface area contributed by atoms with E-state index in [0.717, 1.165) is 28.1 Å². The second-order valence-electron chi connectivity index (χ2n) is 8.49. The van der Waals surface area contributed by atoms with Crippen LogP contribution in [0, 0.1) is 13.8 Å². The van der Waals surface area contributed by atoms with Crippen molar-refractivity contribution in [2.45, 2.75) is 19.9 Å². The first-order valence-corrected chi connectivity index (χ1v) is 10.9. The van der Waals surface area contributed by atoms with Crippen molar-refractivity contribution in [3.8, 4) is 5.75 Å². The van der Waals surface area contributed by atoms with Crippen LogP contribution in [0.2, 0.25) is 0 Å². The summed E-state index contributed by atoms with van der Waals surface area (Å²) in [6.45, 7) is 3.98. The minimum absolute atomic E-state index is 0.0125. The summed E-state index contributed by atoms with van der Waals surface area (Å²) in [6, 6.07) is 20.1. The highest BCUT2D eigenvalue weighted by atomic mass is 16.5. The Labute approximate surface area is 195 Å². The van der Waals surface area contributed by atoms with Crippen molar-refractivity contribution in [1.82, 2.24) is 0 Å². The Balaban J connectivity index is 1.82. The first-order chi connectivity index (χ1) is 15.8. The van der Waals surface area contributed by atoms with Crippen LogP contribution in [0.25, 0.3) is 0 Å². The van der Waals surface area contributed by atoms with E-state index in [2.05, 4.69) is 0 Å². The van der Waals surface area contributed by atoms with Crippen LogP contribution in [0.1, 0.15) is 22.7 Å². The lowest BCUT2D eigenvalue weighted by Gasteiger charge is -2.41. The first kappa shape index (κ1) is 22.4. The summed E-state index contributed by atoms with van der Waals surface area (Å²) in [4.78, 5) is 32.7. The minimum Gasteiger partial charge on any atom is -0.497 e. The molecule has 1 saturated heterocycles. The van der Waals surface area contributed by atoms with E-state index in [1.165, 1.54) is 0 Å². The molecule has 3 aromatic carbocycles. The highest BCUT2D eigenvalue weighted by Gasteiger charge is 2.42. The Bertz CT molecular complexity index is 1170. The zero-order valence-electron chi connectivity index (χ0n) is 19.7. The van der Waals surface area contributed by atoms with Gasteiger partial charge in [0.05, 0.1) is 7.11 Å². The van der Waals surface area contributed by atoms with Gasteiger partial charge in [0.2, 0.25) is 5.91 Å². The molecule has 0 radical (unpaired) electrons. The Morgan fingerprint density at radius 2 is 1.58 bits per heavy atom. The normalized spacial score (nSPS) is 16.2. The van der Waals surface area contributed by atoms with Crippen molar-refractivity contribution in [2.24, 2.45) is 0 Å². The molecule has 1 heterocycles. The van der Waals surface area contributed by atoms with Crippen molar-refractivity contribution >= 4 is 28.9 Å². The third kappa shape index (κ3) is 4.16. The zero-order chi connectivity index (χ0) is 23.7. The third-order valence-electron chi connectivity index (χ3n) is 6.26. The highest BCUT2D eigenvalue weighted by molar-refractivity contribution is 6.14. The zero-order valence-corrected chi connectivity index (χ0v) is 19.7. The van der Waals surface area contributed by atoms with Crippen molar-refractivity contribution in [3.05, 3.63) is 83.4 Å². The van der Waals surface area contributed by atoms with Gasteiger partial charge in [-0.3, -0.25) is 14.5 Å². The van der Waals surface area contributed by atoms with E-state index in [1.807, 2.05) is 87.4 Å². The molecular formula is C27H29N3O3. The topological polar surface area (TPSA) is 53.1 Å². The lowest BCUT2D eigenvalue weighted by atomic mass is 9.98. The molecule has 6 heteroatoms. The molecule has 1 fully saturated rings. The molecule has 6 nitrogen and oxygen atoms in total. The van der Waals surface area contributed by atoms with Gasteiger partial charge in [0.15, 0.2) is 0 Å². The number of methoxy groups -OCH3 is 1. The number of ether oxygens (including phenoxy) is 1. The average Bonchev–Trinajstić information content (AvgIpc) is 2.82. The number of carbonyl (C=O) groups excluding carboxylic acids is 2. The van der Waals surface area contributed by atoms with Gasteiger partial charge < -0.3 is 14.5 Å². The van der Waals surface area contributed by atoms with Gasteiger partial charge in [-0.05, 0) is 73.0 Å². The number of hydrogen-bond donors (Lipinski definition) is 0. The predicted molar refractivity (Wildman–Crippen MR) is 132 cm³/mol. The smallest absolute Gasteiger partial charge is 0.255 e. The summed E-state index contributed by atoms with van der Waals surface area (Å²) in [5.74, 6) is 0.428. The van der Waals surface area contributed by atoms with E-state index in [4.69, 9.17) is 4.74 Å². The molecule has 0 aliphatic carbocycles. The van der Waals surface area contributed by atoms with E-state index in [9.17, 15) is 9.59 Å². The van der Waals surface area contributed by atoms with Crippen LogP contribution in [0.4, 0.5) is 17.1 Å². The number of anilines is 3. The maximum absolute atomic E-state index is 14.0. The Hall–Kier alpha value is -3.80. The van der Waals surface area contributed by atoms with Crippen LogP contribution in [-0.4, -0.2) is 39.6 Å². The molecule has 4 rings (SSSR count). The van der Waals surface area contributed by atoms with Crippen LogP contribution in [0.5, 0.6) is 5.75 Å². The Morgan fingerprint density at radius 1 is 0.909 bits per heavy atom. The number of piperazine rings is 1. The van der Waals surface area contributed by atoms with Crippen LogP contribution in [-0.2, 0) is 9.59 Å². The van der Waals surface area contributed by atoms with Crippen molar-refractivity contribution in [1.29, 1.82) is 0 Å². The van der Waals surface area contributed by atoms with Crippen LogP contribution >= 0.6 is 0 Å². The van der Waals surface area contributed by atoms with E-state index in [0.29, 0.717) is 11.4 Å². The van der Waals surface area contributed by atoms with Gasteiger partial charge in [-0.1, -0.05) is 24.3 Å². The fourth-order valence-corrected chi connectivity index (χ4v) is 4.21. The number of hydrogen-bond acceptors (Lipinski definition) is 4. The lowest BCUT2D eigenvalue weighted by Crippen LogP contribution is -2.56. The second-order valence-corrected chi connectivity index (χ2v) is 8.49. The van der Waals surface area contributed by atoms with Crippen LogP contribution in [0.3, 0.4) is 0 Å². The second kappa shape index (κ2) is 8.98. The third-order valence-corrected chi connectivity index (χ3v) is 6.26. The van der Waals surface area contributed by atoms with E-state index >= 15 is 0 Å². The van der Waals surface area contributed by atoms with E-state index in [-0.39, 0.29) is 18.4 Å². The SMILES string of the molecule is COc1ccc(N2C(=O)CN(c3cccc(C)c3C)C(=O)C2c2ccc(N(C)C)cc2)cc1. The molecule has 0 bridgehead atoms. The predicted octanol–water partition coefficient (Wildman–Crippen LogP) is 4.50. The van der Waals surface area contributed by atoms with Crippen molar-refractivity contribution < 1.29 is 14.3 Å². The van der Waals surface area contributed by atoms with Gasteiger partial charge in [0.25, 0.3) is 5.91 Å². The van der Waals surface area contributed by atoms with Gasteiger partial charge in [0.1, 0.15) is 18.3 Å². The number of aryl methyl sites for hydroxylation is 1. The largest absolute Gasteiger partial charge is 0.497 e. The number of amides is 2. The molecule has 2 amide bonds. The van der Waals surface area contributed by atoms with Crippen LogP contribution < -0.4 is 19.4 Å². The molecule has 1 aliphatic rings. The molecule has 0 N–H and O–H groups in total. The number of rotatable bonds is 5. The Kier molecular flexibility index (Phi) is 6.09. The fourth-order valence-electron chi connectivity index (χ4n) is 4.21. The molecule has 1 atom stereocenters. The molecular weight excluding hydrogens is 414 g/mol. The quantitative estimate of drug-likeness (QED) is 0.583. The highest BCUT2D eigenvalue weighted by Crippen LogP contribution is 2.37. The average molecular weight is 444 g/mol. The monoisotopic (exact) mass is 443 g/mol. The van der Waals surface area contributed by atoms with E-state index in [1.54, 1.807) is 29.0 Å². The van der Waals surface area contributed by atoms with E-state index < -0.39 is 6.04 Å². The number of carbonyl (C=O) groups is 2. The minimum atomic E-state index is -0.768. The molecule has 33 heavy (non-hydrogen) atoms. The van der Waals surface area contributed by atoms with Gasteiger partial charge in [-0.2, -0.15) is 0 Å². The summed E-state index contributed by atoms with van der Waals surface area (Å²) < 4.78 is 5.27. The molecule has 3 aromatic rings. The molecule has 170 valence electrons. The number of benzene rings is 3. The molecule has 1 aliphatic heterocycles. The first-order valence-electron chi connectivity index (χ1n) is 10.9. The summed E-state index contributed by atoms with van der Waals surface area (Å²) >= 11 is 0. The van der Waals surface area contributed by atoms with Crippen molar-refractivity contribution in [3.63, 3.8) is 0 Å². The molecule has 0 spiro atoms. The summed E-state index contributed by atoms with van der Waals surface area (Å²) in [7, 11) is 5.54. The van der Waals surface area contributed by atoms with Gasteiger partial charge in [-0.25, -0.2) is 0 Å². The fraction of sp³-hybridized carbons (Fsp3) is 0.259. The lowest BCUT2D eigenvalue weighted by molar-refractivity contribution is -0.128.